The lowest BCUT2D eigenvalue weighted by Gasteiger charge is -2.29. The predicted octanol–water partition coefficient (Wildman–Crippen LogP) is 1.56. The van der Waals surface area contributed by atoms with Gasteiger partial charge in [-0.25, -0.2) is 4.79 Å². The molecule has 1 fully saturated rings. The van der Waals surface area contributed by atoms with Crippen molar-refractivity contribution in [3.63, 3.8) is 0 Å². The zero-order valence-corrected chi connectivity index (χ0v) is 26.8. The van der Waals surface area contributed by atoms with Crippen molar-refractivity contribution in [2.75, 3.05) is 6.54 Å². The van der Waals surface area contributed by atoms with E-state index in [-0.39, 0.29) is 36.6 Å². The van der Waals surface area contributed by atoms with Crippen molar-refractivity contribution < 1.29 is 33.5 Å². The summed E-state index contributed by atoms with van der Waals surface area (Å²) in [5, 5.41) is 13.3. The molecule has 0 aromatic rings. The van der Waals surface area contributed by atoms with Gasteiger partial charge in [-0.15, -0.1) is 0 Å². The summed E-state index contributed by atoms with van der Waals surface area (Å²) in [5.41, 5.74) is 0. The maximum absolute atomic E-state index is 13.3. The predicted molar refractivity (Wildman–Crippen MR) is 159 cm³/mol. The molecule has 0 aromatic carbocycles. The smallest absolute Gasteiger partial charge is 0.329 e. The van der Waals surface area contributed by atoms with E-state index in [4.69, 9.17) is 4.74 Å². The monoisotopic (exact) mass is 595 g/mol. The van der Waals surface area contributed by atoms with Crippen LogP contribution < -0.4 is 26.6 Å². The van der Waals surface area contributed by atoms with Crippen molar-refractivity contribution in [3.8, 4) is 0 Å². The molecule has 12 nitrogen and oxygen atoms in total. The van der Waals surface area contributed by atoms with Crippen LogP contribution in [-0.2, 0) is 33.5 Å². The third-order valence-electron chi connectivity index (χ3n) is 7.32. The fourth-order valence-electron chi connectivity index (χ4n) is 4.61. The number of cyclic esters (lactones) is 1. The minimum absolute atomic E-state index is 0.0295. The Morgan fingerprint density at radius 1 is 0.762 bits per heavy atom. The van der Waals surface area contributed by atoms with Gasteiger partial charge in [0.2, 0.25) is 29.5 Å². The first-order chi connectivity index (χ1) is 19.6. The van der Waals surface area contributed by atoms with E-state index < -0.39 is 65.8 Å². The Balaban J connectivity index is 3.41. The lowest BCUT2D eigenvalue weighted by Crippen LogP contribution is -2.58. The van der Waals surface area contributed by atoms with Gasteiger partial charge < -0.3 is 31.3 Å². The van der Waals surface area contributed by atoms with Gasteiger partial charge >= 0.3 is 5.97 Å². The second-order valence-electron chi connectivity index (χ2n) is 12.5. The number of hydrogen-bond donors (Lipinski definition) is 5. The van der Waals surface area contributed by atoms with Gasteiger partial charge in [0.15, 0.2) is 0 Å². The zero-order chi connectivity index (χ0) is 32.1. The van der Waals surface area contributed by atoms with Crippen molar-refractivity contribution in [3.05, 3.63) is 0 Å². The molecular weight excluding hydrogens is 542 g/mol. The number of amides is 5. The van der Waals surface area contributed by atoms with Crippen molar-refractivity contribution in [1.82, 2.24) is 26.6 Å². The summed E-state index contributed by atoms with van der Waals surface area (Å²) >= 11 is 0. The molecule has 0 bridgehead atoms. The molecule has 1 saturated heterocycles. The first-order valence-corrected chi connectivity index (χ1v) is 15.2. The maximum Gasteiger partial charge on any atom is 0.329 e. The lowest BCUT2D eigenvalue weighted by atomic mass is 9.95. The molecule has 0 unspecified atom stereocenters. The standard InChI is InChI=1S/C30H53N5O7/c1-10-11-12-19(8)22-14-23(36)31-15-24(37)34-25(17(4)5)29(40)33-21(13-16(2)3)28(39)32-20(9)27(38)35-26(18(6)7)30(41)42-22/h16-22,25-26H,10-15H2,1-9H3,(H,31,36)(H,32,39)(H,33,40)(H,34,37)(H,35,38)/t19-,20-,21+,22-,25-,26-/m0/s1. The van der Waals surface area contributed by atoms with Crippen molar-refractivity contribution in [1.29, 1.82) is 0 Å². The van der Waals surface area contributed by atoms with Crippen LogP contribution in [0.25, 0.3) is 0 Å². The maximum atomic E-state index is 13.3. The zero-order valence-electron chi connectivity index (χ0n) is 26.8. The van der Waals surface area contributed by atoms with E-state index in [1.54, 1.807) is 27.7 Å². The van der Waals surface area contributed by atoms with Gasteiger partial charge in [-0.1, -0.05) is 68.2 Å². The minimum atomic E-state index is -1.02. The third-order valence-corrected chi connectivity index (χ3v) is 7.32. The second kappa shape index (κ2) is 17.7. The molecule has 1 heterocycles. The van der Waals surface area contributed by atoms with Gasteiger partial charge in [-0.3, -0.25) is 24.0 Å². The Kier molecular flexibility index (Phi) is 15.5. The number of esters is 1. The van der Waals surface area contributed by atoms with Crippen LogP contribution in [0.15, 0.2) is 0 Å². The topological polar surface area (TPSA) is 172 Å². The number of rotatable bonds is 8. The summed E-state index contributed by atoms with van der Waals surface area (Å²) in [4.78, 5) is 78.4. The molecular formula is C30H53N5O7. The molecule has 42 heavy (non-hydrogen) atoms. The molecule has 6 atom stereocenters. The SMILES string of the molecule is CCCC[C@H](C)[C@@H]1CC(=O)NCC(=O)N[C@@H](C(C)C)C(=O)N[C@H](CC(C)C)C(=O)N[C@@H](C)C(=O)N[C@@H](C(C)C)C(=O)O1. The number of nitrogens with one attached hydrogen (secondary N) is 5. The van der Waals surface area contributed by atoms with Gasteiger partial charge in [0.1, 0.15) is 30.3 Å². The Hall–Kier alpha value is -3.18. The molecule has 240 valence electrons. The molecule has 0 spiro atoms. The Morgan fingerprint density at radius 3 is 1.93 bits per heavy atom. The number of carbonyl (C=O) groups excluding carboxylic acids is 6. The number of ether oxygens (including phenoxy) is 1. The highest BCUT2D eigenvalue weighted by Crippen LogP contribution is 2.20. The third kappa shape index (κ3) is 12.4. The van der Waals surface area contributed by atoms with Gasteiger partial charge in [0, 0.05) is 0 Å². The fourth-order valence-corrected chi connectivity index (χ4v) is 4.61. The second-order valence-corrected chi connectivity index (χ2v) is 12.5. The molecule has 1 rings (SSSR count). The molecule has 0 saturated carbocycles. The molecule has 5 amide bonds. The Morgan fingerprint density at radius 2 is 1.38 bits per heavy atom. The van der Waals surface area contributed by atoms with E-state index in [9.17, 15) is 28.8 Å². The molecule has 1 aliphatic heterocycles. The first-order valence-electron chi connectivity index (χ1n) is 15.2. The average Bonchev–Trinajstić information content (AvgIpc) is 2.89. The van der Waals surface area contributed by atoms with E-state index >= 15 is 0 Å². The van der Waals surface area contributed by atoms with E-state index in [1.165, 1.54) is 6.92 Å². The summed E-state index contributed by atoms with van der Waals surface area (Å²) in [6.07, 6.45) is 1.85. The van der Waals surface area contributed by atoms with E-state index in [0.717, 1.165) is 12.8 Å². The largest absolute Gasteiger partial charge is 0.460 e. The molecule has 0 radical (unpaired) electrons. The van der Waals surface area contributed by atoms with Crippen LogP contribution in [0.5, 0.6) is 0 Å². The van der Waals surface area contributed by atoms with Crippen molar-refractivity contribution in [2.24, 2.45) is 23.7 Å². The fraction of sp³-hybridized carbons (Fsp3) is 0.800. The summed E-state index contributed by atoms with van der Waals surface area (Å²) in [7, 11) is 0. The van der Waals surface area contributed by atoms with Crippen molar-refractivity contribution >= 4 is 35.5 Å². The van der Waals surface area contributed by atoms with Crippen LogP contribution in [0, 0.1) is 23.7 Å². The number of hydrogen-bond acceptors (Lipinski definition) is 7. The molecule has 1 aliphatic rings. The van der Waals surface area contributed by atoms with Crippen LogP contribution >= 0.6 is 0 Å². The Labute approximate surface area is 250 Å². The van der Waals surface area contributed by atoms with Gasteiger partial charge in [0.05, 0.1) is 13.0 Å². The van der Waals surface area contributed by atoms with Crippen LogP contribution in [0.4, 0.5) is 0 Å². The normalized spacial score (nSPS) is 26.7. The van der Waals surface area contributed by atoms with Crippen LogP contribution in [0.3, 0.4) is 0 Å². The Bertz CT molecular complexity index is 952. The molecule has 0 aromatic heterocycles. The van der Waals surface area contributed by atoms with Gasteiger partial charge in [0.25, 0.3) is 0 Å². The average molecular weight is 596 g/mol. The summed E-state index contributed by atoms with van der Waals surface area (Å²) in [5.74, 6) is -4.23. The number of unbranched alkanes of at least 4 members (excludes halogenated alkanes) is 1. The summed E-state index contributed by atoms with van der Waals surface area (Å²) in [6.45, 7) is 15.8. The van der Waals surface area contributed by atoms with E-state index in [2.05, 4.69) is 26.6 Å². The van der Waals surface area contributed by atoms with Crippen molar-refractivity contribution in [2.45, 2.75) is 125 Å². The molecule has 5 N–H and O–H groups in total. The first kappa shape index (κ1) is 36.8. The summed E-state index contributed by atoms with van der Waals surface area (Å²) in [6, 6.07) is -3.98. The lowest BCUT2D eigenvalue weighted by molar-refractivity contribution is -0.158. The quantitative estimate of drug-likeness (QED) is 0.265. The highest BCUT2D eigenvalue weighted by atomic mass is 16.5. The minimum Gasteiger partial charge on any atom is -0.460 e. The molecule has 12 heteroatoms. The van der Waals surface area contributed by atoms with Gasteiger partial charge in [-0.2, -0.15) is 0 Å². The summed E-state index contributed by atoms with van der Waals surface area (Å²) < 4.78 is 5.82. The highest BCUT2D eigenvalue weighted by molar-refractivity contribution is 5.95. The van der Waals surface area contributed by atoms with Crippen LogP contribution in [-0.4, -0.2) is 72.3 Å². The van der Waals surface area contributed by atoms with Crippen LogP contribution in [0.2, 0.25) is 0 Å². The van der Waals surface area contributed by atoms with E-state index in [1.807, 2.05) is 27.7 Å². The van der Waals surface area contributed by atoms with Crippen LogP contribution in [0.1, 0.15) is 94.4 Å². The number of carbonyl (C=O) groups is 6. The van der Waals surface area contributed by atoms with Gasteiger partial charge in [-0.05, 0) is 43.4 Å². The van der Waals surface area contributed by atoms with E-state index in [0.29, 0.717) is 12.8 Å². The highest BCUT2D eigenvalue weighted by Gasteiger charge is 2.34. The molecule has 0 aliphatic carbocycles.